The highest BCUT2D eigenvalue weighted by Crippen LogP contribution is 2.35. The number of halogens is 1. The monoisotopic (exact) mass is 521 g/mol. The second-order valence-corrected chi connectivity index (χ2v) is 10.1. The van der Waals surface area contributed by atoms with Crippen LogP contribution in [-0.2, 0) is 10.0 Å². The molecule has 0 aliphatic rings. The fraction of sp³-hybridized carbons (Fsp3) is 0.0769. The van der Waals surface area contributed by atoms with E-state index in [0.717, 1.165) is 16.7 Å². The average molecular weight is 522 g/mol. The Balaban J connectivity index is 1.62. The third-order valence-electron chi connectivity index (χ3n) is 5.78. The highest BCUT2D eigenvalue weighted by Gasteiger charge is 2.19. The van der Waals surface area contributed by atoms with E-state index in [1.807, 2.05) is 37.3 Å². The Morgan fingerprint density at radius 1 is 1.03 bits per heavy atom. The van der Waals surface area contributed by atoms with Crippen LogP contribution in [-0.4, -0.2) is 25.3 Å². The molecule has 8 nitrogen and oxygen atoms in total. The standard InChI is InChI=1S/C26H20ClN3O5S/c1-16-4-3-5-20(26(16)27)17-6-9-22(23(15-17)34-2)30-21-10-8-19(14-18(21)7-11-25(30)31)36(32,33)29-24-12-13-35-28-24/h3-15H,1-2H3,(H,28,29). The maximum absolute atomic E-state index is 13.0. The summed E-state index contributed by atoms with van der Waals surface area (Å²) in [5.74, 6) is 0.530. The van der Waals surface area contributed by atoms with Crippen LogP contribution in [0.2, 0.25) is 5.02 Å². The van der Waals surface area contributed by atoms with Crippen molar-refractivity contribution in [1.82, 2.24) is 9.72 Å². The number of methoxy groups -OCH3 is 1. The second kappa shape index (κ2) is 9.18. The van der Waals surface area contributed by atoms with Gasteiger partial charge in [0.15, 0.2) is 5.82 Å². The van der Waals surface area contributed by atoms with Crippen molar-refractivity contribution in [3.05, 3.63) is 100.0 Å². The number of hydrogen-bond acceptors (Lipinski definition) is 6. The number of anilines is 1. The zero-order valence-corrected chi connectivity index (χ0v) is 20.8. The Hall–Kier alpha value is -4.08. The zero-order chi connectivity index (χ0) is 25.4. The molecule has 0 atom stereocenters. The predicted molar refractivity (Wildman–Crippen MR) is 139 cm³/mol. The van der Waals surface area contributed by atoms with Crippen molar-refractivity contribution in [1.29, 1.82) is 0 Å². The molecule has 0 spiro atoms. The van der Waals surface area contributed by atoms with Crippen LogP contribution in [0, 0.1) is 6.92 Å². The predicted octanol–water partition coefficient (Wildman–Crippen LogP) is 5.42. The molecule has 0 bridgehead atoms. The molecule has 10 heteroatoms. The molecule has 0 saturated carbocycles. The quantitative estimate of drug-likeness (QED) is 0.320. The van der Waals surface area contributed by atoms with Crippen molar-refractivity contribution in [3.8, 4) is 22.6 Å². The first-order valence-corrected chi connectivity index (χ1v) is 12.7. The SMILES string of the molecule is COc1cc(-c2cccc(C)c2Cl)ccc1-n1c(=O)ccc2cc(S(=O)(=O)Nc3ccon3)ccc21. The molecule has 2 heterocycles. The maximum Gasteiger partial charge on any atom is 0.263 e. The van der Waals surface area contributed by atoms with Crippen LogP contribution >= 0.6 is 11.6 Å². The Morgan fingerprint density at radius 3 is 2.61 bits per heavy atom. The number of pyridine rings is 1. The van der Waals surface area contributed by atoms with Gasteiger partial charge in [0.1, 0.15) is 12.0 Å². The van der Waals surface area contributed by atoms with Gasteiger partial charge in [-0.25, -0.2) is 8.42 Å². The van der Waals surface area contributed by atoms with Crippen LogP contribution in [0.15, 0.2) is 93.3 Å². The number of benzene rings is 3. The summed E-state index contributed by atoms with van der Waals surface area (Å²) in [5.41, 5.74) is 3.37. The van der Waals surface area contributed by atoms with E-state index < -0.39 is 10.0 Å². The molecule has 5 rings (SSSR count). The molecule has 36 heavy (non-hydrogen) atoms. The Morgan fingerprint density at radius 2 is 1.86 bits per heavy atom. The first-order valence-electron chi connectivity index (χ1n) is 10.8. The molecule has 0 aliphatic heterocycles. The molecule has 182 valence electrons. The highest BCUT2D eigenvalue weighted by atomic mass is 35.5. The van der Waals surface area contributed by atoms with E-state index in [4.69, 9.17) is 16.3 Å². The minimum absolute atomic E-state index is 0.0135. The lowest BCUT2D eigenvalue weighted by Gasteiger charge is -2.16. The van der Waals surface area contributed by atoms with E-state index in [1.165, 1.54) is 42.2 Å². The van der Waals surface area contributed by atoms with Gasteiger partial charge in [-0.3, -0.25) is 14.1 Å². The van der Waals surface area contributed by atoms with Crippen LogP contribution in [0.25, 0.3) is 27.7 Å². The third-order valence-corrected chi connectivity index (χ3v) is 7.63. The number of nitrogens with zero attached hydrogens (tertiary/aromatic N) is 2. The fourth-order valence-corrected chi connectivity index (χ4v) is 5.26. The number of hydrogen-bond donors (Lipinski definition) is 1. The molecule has 0 unspecified atom stereocenters. The van der Waals surface area contributed by atoms with Crippen LogP contribution < -0.4 is 15.0 Å². The summed E-state index contributed by atoms with van der Waals surface area (Å²) in [6.07, 6.45) is 1.27. The summed E-state index contributed by atoms with van der Waals surface area (Å²) in [4.78, 5) is 13.0. The number of aryl methyl sites for hydroxylation is 1. The molecular formula is C26H20ClN3O5S. The molecule has 0 fully saturated rings. The Bertz CT molecular complexity index is 1760. The van der Waals surface area contributed by atoms with Gasteiger partial charge in [-0.05, 0) is 54.4 Å². The number of ether oxygens (including phenoxy) is 1. The fourth-order valence-electron chi connectivity index (χ4n) is 4.00. The molecule has 1 N–H and O–H groups in total. The molecule has 5 aromatic rings. The Kier molecular flexibility index (Phi) is 6.03. The number of nitrogens with one attached hydrogen (secondary N) is 1. The largest absolute Gasteiger partial charge is 0.495 e. The van der Waals surface area contributed by atoms with Crippen LogP contribution in [0.5, 0.6) is 5.75 Å². The topological polar surface area (TPSA) is 103 Å². The summed E-state index contributed by atoms with van der Waals surface area (Å²) in [7, 11) is -2.39. The number of fused-ring (bicyclic) bond motifs is 1. The summed E-state index contributed by atoms with van der Waals surface area (Å²) in [6.45, 7) is 1.93. The van der Waals surface area contributed by atoms with Crippen molar-refractivity contribution < 1.29 is 17.7 Å². The van der Waals surface area contributed by atoms with Gasteiger partial charge in [-0.15, -0.1) is 0 Å². The lowest BCUT2D eigenvalue weighted by molar-refractivity contribution is 0.413. The van der Waals surface area contributed by atoms with Crippen LogP contribution in [0.1, 0.15) is 5.56 Å². The minimum atomic E-state index is -3.92. The van der Waals surface area contributed by atoms with Crippen molar-refractivity contribution in [2.45, 2.75) is 11.8 Å². The molecule has 2 aromatic heterocycles. The highest BCUT2D eigenvalue weighted by molar-refractivity contribution is 7.92. The smallest absolute Gasteiger partial charge is 0.263 e. The van der Waals surface area contributed by atoms with Gasteiger partial charge in [0, 0.05) is 23.1 Å². The average Bonchev–Trinajstić information content (AvgIpc) is 3.37. The van der Waals surface area contributed by atoms with Crippen molar-refractivity contribution in [2.24, 2.45) is 0 Å². The van der Waals surface area contributed by atoms with Crippen LogP contribution in [0.4, 0.5) is 5.82 Å². The van der Waals surface area contributed by atoms with Gasteiger partial charge in [-0.2, -0.15) is 0 Å². The van der Waals surface area contributed by atoms with Gasteiger partial charge in [0.2, 0.25) is 0 Å². The van der Waals surface area contributed by atoms with Crippen molar-refractivity contribution in [3.63, 3.8) is 0 Å². The molecule has 0 saturated heterocycles. The van der Waals surface area contributed by atoms with E-state index in [9.17, 15) is 13.2 Å². The summed E-state index contributed by atoms with van der Waals surface area (Å²) < 4.78 is 39.8. The lowest BCUT2D eigenvalue weighted by atomic mass is 10.0. The molecular weight excluding hydrogens is 502 g/mol. The summed E-state index contributed by atoms with van der Waals surface area (Å²) in [6, 6.07) is 20.1. The Labute approximate surface area is 211 Å². The van der Waals surface area contributed by atoms with E-state index in [0.29, 0.717) is 27.4 Å². The van der Waals surface area contributed by atoms with E-state index >= 15 is 0 Å². The molecule has 0 amide bonds. The van der Waals surface area contributed by atoms with Gasteiger partial charge in [0.25, 0.3) is 15.6 Å². The summed E-state index contributed by atoms with van der Waals surface area (Å²) in [5, 5.41) is 4.77. The number of aromatic nitrogens is 2. The normalized spacial score (nSPS) is 11.5. The maximum atomic E-state index is 13.0. The van der Waals surface area contributed by atoms with Crippen molar-refractivity contribution in [2.75, 3.05) is 11.8 Å². The van der Waals surface area contributed by atoms with Crippen LogP contribution in [0.3, 0.4) is 0 Å². The molecule has 3 aromatic carbocycles. The first-order chi connectivity index (χ1) is 17.3. The van der Waals surface area contributed by atoms with E-state index in [1.54, 1.807) is 18.2 Å². The molecule has 0 aliphatic carbocycles. The lowest BCUT2D eigenvalue weighted by Crippen LogP contribution is -2.18. The van der Waals surface area contributed by atoms with Gasteiger partial charge in [0.05, 0.1) is 28.2 Å². The number of rotatable bonds is 6. The minimum Gasteiger partial charge on any atom is -0.495 e. The zero-order valence-electron chi connectivity index (χ0n) is 19.2. The van der Waals surface area contributed by atoms with Crippen molar-refractivity contribution >= 4 is 38.3 Å². The first kappa shape index (κ1) is 23.7. The van der Waals surface area contributed by atoms with Gasteiger partial charge < -0.3 is 9.26 Å². The summed E-state index contributed by atoms with van der Waals surface area (Å²) >= 11 is 6.52. The van der Waals surface area contributed by atoms with Gasteiger partial charge in [-0.1, -0.05) is 41.0 Å². The second-order valence-electron chi connectivity index (χ2n) is 8.04. The van der Waals surface area contributed by atoms with Gasteiger partial charge >= 0.3 is 0 Å². The van der Waals surface area contributed by atoms with E-state index in [2.05, 4.69) is 14.4 Å². The molecule has 0 radical (unpaired) electrons. The number of sulfonamides is 1. The third kappa shape index (κ3) is 4.23. The van der Waals surface area contributed by atoms with E-state index in [-0.39, 0.29) is 16.3 Å².